The molecule has 4 aliphatic rings. The molecule has 2 saturated heterocycles. The molecule has 1 heteroatoms. The fraction of sp³-hybridized carbons (Fsp3) is 1.00. The average molecular weight is 166 g/mol. The minimum Gasteiger partial charge on any atom is -0.375 e. The summed E-state index contributed by atoms with van der Waals surface area (Å²) < 4.78 is 5.92. The third-order valence-corrected chi connectivity index (χ3v) is 4.68. The normalized spacial score (nSPS) is 54.5. The fourth-order valence-electron chi connectivity index (χ4n) is 3.70. The van der Waals surface area contributed by atoms with Crippen molar-refractivity contribution in [3.05, 3.63) is 0 Å². The Bertz CT molecular complexity index is 177. The Morgan fingerprint density at radius 2 is 1.33 bits per heavy atom. The van der Waals surface area contributed by atoms with Crippen LogP contribution in [-0.4, -0.2) is 12.2 Å². The van der Waals surface area contributed by atoms with Crippen LogP contribution in [-0.2, 0) is 4.74 Å². The van der Waals surface area contributed by atoms with Crippen LogP contribution in [0.25, 0.3) is 0 Å². The molecule has 2 aliphatic heterocycles. The maximum Gasteiger partial charge on any atom is 0.0584 e. The van der Waals surface area contributed by atoms with Gasteiger partial charge in [-0.15, -0.1) is 0 Å². The Balaban J connectivity index is 1.96. The van der Waals surface area contributed by atoms with Crippen molar-refractivity contribution in [3.63, 3.8) is 0 Å². The van der Waals surface area contributed by atoms with Crippen LogP contribution >= 0.6 is 0 Å². The summed E-state index contributed by atoms with van der Waals surface area (Å²) in [6, 6.07) is 0. The highest BCUT2D eigenvalue weighted by Crippen LogP contribution is 2.57. The smallest absolute Gasteiger partial charge is 0.0584 e. The zero-order valence-electron chi connectivity index (χ0n) is 8.05. The molecule has 0 spiro atoms. The van der Waals surface area contributed by atoms with Crippen LogP contribution in [0, 0.1) is 17.3 Å². The van der Waals surface area contributed by atoms with Crippen LogP contribution in [0.5, 0.6) is 0 Å². The quantitative estimate of drug-likeness (QED) is 0.537. The largest absolute Gasteiger partial charge is 0.375 e. The molecule has 4 bridgehead atoms. The van der Waals surface area contributed by atoms with Crippen LogP contribution in [0.2, 0.25) is 0 Å². The topological polar surface area (TPSA) is 9.23 Å². The molecule has 12 heavy (non-hydrogen) atoms. The van der Waals surface area contributed by atoms with Gasteiger partial charge in [-0.3, -0.25) is 0 Å². The molecule has 0 aromatic rings. The van der Waals surface area contributed by atoms with E-state index in [1.807, 2.05) is 0 Å². The first-order valence-electron chi connectivity index (χ1n) is 5.31. The van der Waals surface area contributed by atoms with Gasteiger partial charge in [-0.05, 0) is 42.9 Å². The van der Waals surface area contributed by atoms with Crippen molar-refractivity contribution >= 4 is 0 Å². The second kappa shape index (κ2) is 2.06. The molecule has 1 nitrogen and oxygen atoms in total. The first-order valence-corrected chi connectivity index (χ1v) is 5.31. The molecule has 0 atom stereocenters. The van der Waals surface area contributed by atoms with Crippen LogP contribution < -0.4 is 0 Å². The second-order valence-electron chi connectivity index (χ2n) is 5.54. The van der Waals surface area contributed by atoms with Crippen LogP contribution in [0.4, 0.5) is 0 Å². The molecule has 2 heterocycles. The summed E-state index contributed by atoms with van der Waals surface area (Å²) in [5.41, 5.74) is 0.622. The molecule has 0 N–H and O–H groups in total. The lowest BCUT2D eigenvalue weighted by Gasteiger charge is -2.58. The maximum atomic E-state index is 5.92. The molecule has 68 valence electrons. The third-order valence-electron chi connectivity index (χ3n) is 4.68. The number of hydrogen-bond acceptors (Lipinski definition) is 1. The predicted octanol–water partition coefficient (Wildman–Crippen LogP) is 2.60. The summed E-state index contributed by atoms with van der Waals surface area (Å²) in [7, 11) is 0. The van der Waals surface area contributed by atoms with Gasteiger partial charge in [0.15, 0.2) is 0 Å². The van der Waals surface area contributed by atoms with E-state index in [0.29, 0.717) is 17.6 Å². The Morgan fingerprint density at radius 1 is 0.917 bits per heavy atom. The maximum absolute atomic E-state index is 5.92. The first kappa shape index (κ1) is 7.37. The van der Waals surface area contributed by atoms with Gasteiger partial charge in [0.2, 0.25) is 0 Å². The Kier molecular flexibility index (Phi) is 1.27. The van der Waals surface area contributed by atoms with Gasteiger partial charge in [-0.25, -0.2) is 0 Å². The minimum absolute atomic E-state index is 0.622. The van der Waals surface area contributed by atoms with E-state index in [9.17, 15) is 0 Å². The SMILES string of the molecule is CC1(C)C2CC3CC1CC(C2)O3. The lowest BCUT2D eigenvalue weighted by Crippen LogP contribution is -2.55. The van der Waals surface area contributed by atoms with E-state index in [2.05, 4.69) is 13.8 Å². The predicted molar refractivity (Wildman–Crippen MR) is 47.9 cm³/mol. The van der Waals surface area contributed by atoms with Gasteiger partial charge >= 0.3 is 0 Å². The van der Waals surface area contributed by atoms with Gasteiger partial charge in [0.25, 0.3) is 0 Å². The molecule has 0 unspecified atom stereocenters. The number of ether oxygens (including phenoxy) is 1. The van der Waals surface area contributed by atoms with Gasteiger partial charge in [-0.2, -0.15) is 0 Å². The van der Waals surface area contributed by atoms with E-state index >= 15 is 0 Å². The van der Waals surface area contributed by atoms with Gasteiger partial charge in [-0.1, -0.05) is 13.8 Å². The fourth-order valence-corrected chi connectivity index (χ4v) is 3.70. The molecular formula is C11H18O. The summed E-state index contributed by atoms with van der Waals surface area (Å²) in [5.74, 6) is 1.93. The molecule has 2 saturated carbocycles. The zero-order valence-corrected chi connectivity index (χ0v) is 8.05. The third kappa shape index (κ3) is 0.783. The van der Waals surface area contributed by atoms with Crippen molar-refractivity contribution in [1.29, 1.82) is 0 Å². The average Bonchev–Trinajstić information content (AvgIpc) is 1.99. The lowest BCUT2D eigenvalue weighted by atomic mass is 9.53. The van der Waals surface area contributed by atoms with Crippen molar-refractivity contribution < 1.29 is 4.74 Å². The molecular weight excluding hydrogens is 148 g/mol. The number of hydrogen-bond donors (Lipinski definition) is 0. The lowest BCUT2D eigenvalue weighted by molar-refractivity contribution is -0.203. The van der Waals surface area contributed by atoms with Crippen LogP contribution in [0.15, 0.2) is 0 Å². The Hall–Kier alpha value is -0.0400. The standard InChI is InChI=1S/C11H18O/c1-11(2)7-3-9-5-8(11)6-10(4-7)12-9/h7-10H,3-6H2,1-2H3. The summed E-state index contributed by atoms with van der Waals surface area (Å²) in [6.07, 6.45) is 6.67. The van der Waals surface area contributed by atoms with E-state index in [4.69, 9.17) is 4.74 Å². The first-order chi connectivity index (χ1) is 5.66. The molecule has 0 aromatic carbocycles. The summed E-state index contributed by atoms with van der Waals surface area (Å²) in [6.45, 7) is 4.94. The molecule has 0 radical (unpaired) electrons. The molecule has 4 fully saturated rings. The summed E-state index contributed by atoms with van der Waals surface area (Å²) >= 11 is 0. The monoisotopic (exact) mass is 166 g/mol. The summed E-state index contributed by atoms with van der Waals surface area (Å²) in [4.78, 5) is 0. The Labute approximate surface area is 74.5 Å². The van der Waals surface area contributed by atoms with Gasteiger partial charge < -0.3 is 4.74 Å². The molecule has 0 amide bonds. The minimum atomic E-state index is 0.622. The van der Waals surface area contributed by atoms with E-state index in [1.165, 1.54) is 25.7 Å². The second-order valence-corrected chi connectivity index (χ2v) is 5.54. The molecule has 2 aliphatic carbocycles. The highest BCUT2D eigenvalue weighted by Gasteiger charge is 2.53. The van der Waals surface area contributed by atoms with E-state index in [1.54, 1.807) is 0 Å². The Morgan fingerprint density at radius 3 is 1.75 bits per heavy atom. The van der Waals surface area contributed by atoms with Gasteiger partial charge in [0.05, 0.1) is 12.2 Å². The van der Waals surface area contributed by atoms with Crippen LogP contribution in [0.1, 0.15) is 39.5 Å². The number of rotatable bonds is 0. The zero-order chi connectivity index (χ0) is 8.34. The van der Waals surface area contributed by atoms with E-state index in [-0.39, 0.29) is 0 Å². The van der Waals surface area contributed by atoms with Crippen LogP contribution in [0.3, 0.4) is 0 Å². The van der Waals surface area contributed by atoms with Crippen molar-refractivity contribution in [2.45, 2.75) is 51.7 Å². The molecule has 0 aromatic heterocycles. The van der Waals surface area contributed by atoms with Crippen molar-refractivity contribution in [2.24, 2.45) is 17.3 Å². The highest BCUT2D eigenvalue weighted by molar-refractivity contribution is 5.02. The van der Waals surface area contributed by atoms with E-state index in [0.717, 1.165) is 11.8 Å². The van der Waals surface area contributed by atoms with E-state index < -0.39 is 0 Å². The summed E-state index contributed by atoms with van der Waals surface area (Å²) in [5, 5.41) is 0. The van der Waals surface area contributed by atoms with Gasteiger partial charge in [0, 0.05) is 0 Å². The van der Waals surface area contributed by atoms with Crippen molar-refractivity contribution in [1.82, 2.24) is 0 Å². The highest BCUT2D eigenvalue weighted by atomic mass is 16.5. The van der Waals surface area contributed by atoms with Crippen molar-refractivity contribution in [3.8, 4) is 0 Å². The van der Waals surface area contributed by atoms with Crippen molar-refractivity contribution in [2.75, 3.05) is 0 Å². The molecule has 4 rings (SSSR count). The van der Waals surface area contributed by atoms with Gasteiger partial charge in [0.1, 0.15) is 0 Å².